The van der Waals surface area contributed by atoms with Crippen LogP contribution in [0.1, 0.15) is 44.6 Å². The van der Waals surface area contributed by atoms with Gasteiger partial charge in [0.15, 0.2) is 0 Å². The summed E-state index contributed by atoms with van der Waals surface area (Å²) in [6.07, 6.45) is 5.94. The summed E-state index contributed by atoms with van der Waals surface area (Å²) in [7, 11) is 2.05. The van der Waals surface area contributed by atoms with Gasteiger partial charge in [0.1, 0.15) is 5.82 Å². The summed E-state index contributed by atoms with van der Waals surface area (Å²) in [5, 5.41) is 3.70. The molecule has 0 aliphatic carbocycles. The van der Waals surface area contributed by atoms with E-state index in [1.165, 1.54) is 5.56 Å². The molecule has 1 atom stereocenters. The lowest BCUT2D eigenvalue weighted by molar-refractivity contribution is 0.311. The average Bonchev–Trinajstić information content (AvgIpc) is 2.83. The molecule has 0 aliphatic rings. The highest BCUT2D eigenvalue weighted by Gasteiger charge is 2.19. The largest absolute Gasteiger partial charge is 0.338 e. The van der Waals surface area contributed by atoms with Crippen LogP contribution < -0.4 is 5.32 Å². The van der Waals surface area contributed by atoms with Crippen molar-refractivity contribution in [3.63, 3.8) is 0 Å². The number of nitrogens with zero attached hydrogens (tertiary/aromatic N) is 2. The zero-order valence-corrected chi connectivity index (χ0v) is 13.6. The van der Waals surface area contributed by atoms with E-state index in [-0.39, 0.29) is 0 Å². The zero-order valence-electron chi connectivity index (χ0n) is 13.6. The van der Waals surface area contributed by atoms with Crippen molar-refractivity contribution in [2.24, 2.45) is 12.5 Å². The Bertz CT molecular complexity index is 537. The van der Waals surface area contributed by atoms with E-state index in [1.807, 2.05) is 19.4 Å². The van der Waals surface area contributed by atoms with Gasteiger partial charge in [-0.3, -0.25) is 0 Å². The summed E-state index contributed by atoms with van der Waals surface area (Å²) in [4.78, 5) is 4.38. The predicted molar refractivity (Wildman–Crippen MR) is 88.2 cm³/mol. The number of imidazole rings is 1. The highest BCUT2D eigenvalue weighted by atomic mass is 15.0. The molecule has 1 unspecified atom stereocenters. The van der Waals surface area contributed by atoms with Crippen molar-refractivity contribution in [2.75, 3.05) is 6.54 Å². The third-order valence-electron chi connectivity index (χ3n) is 3.68. The fourth-order valence-electron chi connectivity index (χ4n) is 2.60. The van der Waals surface area contributed by atoms with Crippen LogP contribution >= 0.6 is 0 Å². The molecule has 0 amide bonds. The second kappa shape index (κ2) is 6.90. The third kappa shape index (κ3) is 5.01. The molecule has 1 N–H and O–H groups in total. The van der Waals surface area contributed by atoms with E-state index in [9.17, 15) is 0 Å². The fourth-order valence-corrected chi connectivity index (χ4v) is 2.60. The van der Waals surface area contributed by atoms with Crippen molar-refractivity contribution in [1.82, 2.24) is 14.9 Å². The molecular formula is C18H27N3. The predicted octanol–water partition coefficient (Wildman–Crippen LogP) is 3.73. The standard InChI is InChI=1S/C18H27N3/c1-18(2,3)14-16(15-8-6-5-7-9-15)19-11-10-17-20-12-13-21(17)4/h5-9,12-13,16,19H,10-11,14H2,1-4H3. The van der Waals surface area contributed by atoms with E-state index in [1.54, 1.807) is 0 Å². The highest BCUT2D eigenvalue weighted by molar-refractivity contribution is 5.19. The molecule has 3 heteroatoms. The Morgan fingerprint density at radius 2 is 1.90 bits per heavy atom. The third-order valence-corrected chi connectivity index (χ3v) is 3.68. The van der Waals surface area contributed by atoms with Crippen LogP contribution in [-0.2, 0) is 13.5 Å². The van der Waals surface area contributed by atoms with Crippen molar-refractivity contribution in [2.45, 2.75) is 39.7 Å². The topological polar surface area (TPSA) is 29.9 Å². The minimum atomic E-state index is 0.302. The second-order valence-corrected chi connectivity index (χ2v) is 6.89. The monoisotopic (exact) mass is 285 g/mol. The van der Waals surface area contributed by atoms with Crippen LogP contribution in [0.3, 0.4) is 0 Å². The van der Waals surface area contributed by atoms with Gasteiger partial charge in [0.05, 0.1) is 0 Å². The maximum Gasteiger partial charge on any atom is 0.109 e. The second-order valence-electron chi connectivity index (χ2n) is 6.89. The average molecular weight is 285 g/mol. The molecule has 21 heavy (non-hydrogen) atoms. The molecule has 2 rings (SSSR count). The van der Waals surface area contributed by atoms with Crippen LogP contribution in [0.4, 0.5) is 0 Å². The lowest BCUT2D eigenvalue weighted by Crippen LogP contribution is -2.28. The Balaban J connectivity index is 1.98. The Kier molecular flexibility index (Phi) is 5.18. The van der Waals surface area contributed by atoms with Crippen molar-refractivity contribution < 1.29 is 0 Å². The van der Waals surface area contributed by atoms with Crippen molar-refractivity contribution in [3.8, 4) is 0 Å². The van der Waals surface area contributed by atoms with E-state index in [0.717, 1.165) is 25.2 Å². The molecular weight excluding hydrogens is 258 g/mol. The van der Waals surface area contributed by atoms with Crippen molar-refractivity contribution in [3.05, 3.63) is 54.1 Å². The molecule has 0 spiro atoms. The number of aryl methyl sites for hydroxylation is 1. The van der Waals surface area contributed by atoms with Crippen LogP contribution in [0.25, 0.3) is 0 Å². The maximum absolute atomic E-state index is 4.38. The number of hydrogen-bond donors (Lipinski definition) is 1. The van der Waals surface area contributed by atoms with Gasteiger partial charge < -0.3 is 9.88 Å². The SMILES string of the molecule is Cn1ccnc1CCNC(CC(C)(C)C)c1ccccc1. The lowest BCUT2D eigenvalue weighted by atomic mass is 9.85. The van der Waals surface area contributed by atoms with Crippen LogP contribution in [0.5, 0.6) is 0 Å². The molecule has 0 radical (unpaired) electrons. The summed E-state index contributed by atoms with van der Waals surface area (Å²) in [5.74, 6) is 1.13. The van der Waals surface area contributed by atoms with E-state index in [0.29, 0.717) is 11.5 Å². The Morgan fingerprint density at radius 3 is 2.48 bits per heavy atom. The quantitative estimate of drug-likeness (QED) is 0.876. The van der Waals surface area contributed by atoms with Gasteiger partial charge in [-0.25, -0.2) is 4.98 Å². The summed E-state index contributed by atoms with van der Waals surface area (Å²) in [6, 6.07) is 11.1. The first-order valence-corrected chi connectivity index (χ1v) is 7.70. The van der Waals surface area contributed by atoms with Gasteiger partial charge in [-0.15, -0.1) is 0 Å². The van der Waals surface area contributed by atoms with Crippen LogP contribution in [-0.4, -0.2) is 16.1 Å². The molecule has 1 aromatic carbocycles. The molecule has 0 saturated carbocycles. The van der Waals surface area contributed by atoms with E-state index >= 15 is 0 Å². The summed E-state index contributed by atoms with van der Waals surface area (Å²) in [5.41, 5.74) is 1.67. The van der Waals surface area contributed by atoms with Gasteiger partial charge in [-0.2, -0.15) is 0 Å². The summed E-state index contributed by atoms with van der Waals surface area (Å²) < 4.78 is 2.09. The highest BCUT2D eigenvalue weighted by Crippen LogP contribution is 2.29. The van der Waals surface area contributed by atoms with Gasteiger partial charge in [0.25, 0.3) is 0 Å². The molecule has 0 aliphatic heterocycles. The molecule has 3 nitrogen and oxygen atoms in total. The maximum atomic E-state index is 4.38. The minimum absolute atomic E-state index is 0.302. The lowest BCUT2D eigenvalue weighted by Gasteiger charge is -2.27. The molecule has 0 fully saturated rings. The number of benzene rings is 1. The van der Waals surface area contributed by atoms with Crippen molar-refractivity contribution >= 4 is 0 Å². The Labute approximate surface area is 128 Å². The summed E-state index contributed by atoms with van der Waals surface area (Å²) in [6.45, 7) is 7.83. The van der Waals surface area contributed by atoms with E-state index < -0.39 is 0 Å². The zero-order chi connectivity index (χ0) is 15.3. The first-order chi connectivity index (χ1) is 9.96. The van der Waals surface area contributed by atoms with E-state index in [4.69, 9.17) is 0 Å². The van der Waals surface area contributed by atoms with Gasteiger partial charge in [-0.05, 0) is 17.4 Å². The molecule has 1 aromatic heterocycles. The molecule has 0 saturated heterocycles. The molecule has 1 heterocycles. The van der Waals surface area contributed by atoms with Gasteiger partial charge >= 0.3 is 0 Å². The van der Waals surface area contributed by atoms with Crippen LogP contribution in [0, 0.1) is 5.41 Å². The molecule has 114 valence electrons. The number of rotatable bonds is 6. The van der Waals surface area contributed by atoms with Gasteiger partial charge in [-0.1, -0.05) is 51.1 Å². The van der Waals surface area contributed by atoms with Crippen LogP contribution in [0.2, 0.25) is 0 Å². The van der Waals surface area contributed by atoms with E-state index in [2.05, 4.69) is 66.0 Å². The Hall–Kier alpha value is -1.61. The smallest absolute Gasteiger partial charge is 0.109 e. The fraction of sp³-hybridized carbons (Fsp3) is 0.500. The Morgan fingerprint density at radius 1 is 1.19 bits per heavy atom. The number of hydrogen-bond acceptors (Lipinski definition) is 2. The van der Waals surface area contributed by atoms with Crippen molar-refractivity contribution in [1.29, 1.82) is 0 Å². The van der Waals surface area contributed by atoms with Crippen LogP contribution in [0.15, 0.2) is 42.7 Å². The van der Waals surface area contributed by atoms with Gasteiger partial charge in [0, 0.05) is 38.4 Å². The molecule has 2 aromatic rings. The molecule has 0 bridgehead atoms. The number of aromatic nitrogens is 2. The minimum Gasteiger partial charge on any atom is -0.338 e. The first kappa shape index (κ1) is 15.8. The normalized spacial score (nSPS) is 13.3. The first-order valence-electron chi connectivity index (χ1n) is 7.70. The summed E-state index contributed by atoms with van der Waals surface area (Å²) >= 11 is 0. The number of nitrogens with one attached hydrogen (secondary N) is 1. The van der Waals surface area contributed by atoms with Gasteiger partial charge in [0.2, 0.25) is 0 Å².